The number of nitrogens with one attached hydrogen (secondary N) is 1. The average molecular weight is 309 g/mol. The molecule has 1 aromatic carbocycles. The fourth-order valence-corrected chi connectivity index (χ4v) is 3.24. The van der Waals surface area contributed by atoms with Crippen LogP contribution in [0.2, 0.25) is 5.02 Å². The van der Waals surface area contributed by atoms with Crippen molar-refractivity contribution in [2.75, 3.05) is 18.0 Å². The zero-order valence-corrected chi connectivity index (χ0v) is 14.8. The molecule has 1 heterocycles. The summed E-state index contributed by atoms with van der Waals surface area (Å²) in [5.74, 6) is 0. The highest BCUT2D eigenvalue weighted by atomic mass is 35.5. The van der Waals surface area contributed by atoms with Gasteiger partial charge in [0.05, 0.1) is 10.7 Å². The average Bonchev–Trinajstić information content (AvgIpc) is 2.34. The first-order valence-corrected chi connectivity index (χ1v) is 8.33. The second kappa shape index (κ2) is 6.18. The predicted octanol–water partition coefficient (Wildman–Crippen LogP) is 4.85. The van der Waals surface area contributed by atoms with Crippen LogP contribution in [0, 0.1) is 5.41 Å². The van der Waals surface area contributed by atoms with Gasteiger partial charge in [-0.15, -0.1) is 0 Å². The summed E-state index contributed by atoms with van der Waals surface area (Å²) in [4.78, 5) is 2.44. The van der Waals surface area contributed by atoms with E-state index in [2.05, 4.69) is 63.0 Å². The highest BCUT2D eigenvalue weighted by molar-refractivity contribution is 6.33. The van der Waals surface area contributed by atoms with E-state index in [0.717, 1.165) is 24.7 Å². The van der Waals surface area contributed by atoms with Gasteiger partial charge in [0.2, 0.25) is 0 Å². The summed E-state index contributed by atoms with van der Waals surface area (Å²) in [5.41, 5.74) is 2.94. The molecule has 2 rings (SSSR count). The van der Waals surface area contributed by atoms with Gasteiger partial charge in [0, 0.05) is 25.2 Å². The van der Waals surface area contributed by atoms with Gasteiger partial charge >= 0.3 is 0 Å². The van der Waals surface area contributed by atoms with Crippen LogP contribution in [0.5, 0.6) is 0 Å². The number of piperidine rings is 1. The van der Waals surface area contributed by atoms with E-state index in [1.807, 2.05) is 0 Å². The van der Waals surface area contributed by atoms with Crippen LogP contribution in [0.25, 0.3) is 0 Å². The van der Waals surface area contributed by atoms with Gasteiger partial charge in [-0.2, -0.15) is 0 Å². The van der Waals surface area contributed by atoms with Gasteiger partial charge in [-0.1, -0.05) is 31.5 Å². The minimum absolute atomic E-state index is 0.127. The maximum absolute atomic E-state index is 6.54. The standard InChI is InChI=1S/C18H29ClN2/c1-17(2,3)20-12-14-7-8-16(15(19)11-14)21-10-6-9-18(4,5)13-21/h7-8,11,20H,6,9-10,12-13H2,1-5H3. The Hall–Kier alpha value is -0.730. The third kappa shape index (κ3) is 4.89. The van der Waals surface area contributed by atoms with Crippen LogP contribution >= 0.6 is 11.6 Å². The predicted molar refractivity (Wildman–Crippen MR) is 93.3 cm³/mol. The number of benzene rings is 1. The first kappa shape index (κ1) is 16.6. The fraction of sp³-hybridized carbons (Fsp3) is 0.667. The molecule has 0 radical (unpaired) electrons. The van der Waals surface area contributed by atoms with Gasteiger partial charge < -0.3 is 10.2 Å². The Morgan fingerprint density at radius 3 is 2.57 bits per heavy atom. The molecule has 0 saturated carbocycles. The van der Waals surface area contributed by atoms with Crippen LogP contribution in [0.15, 0.2) is 18.2 Å². The van der Waals surface area contributed by atoms with Gasteiger partial charge in [0.25, 0.3) is 0 Å². The fourth-order valence-electron chi connectivity index (χ4n) is 2.91. The van der Waals surface area contributed by atoms with Crippen molar-refractivity contribution in [1.29, 1.82) is 0 Å². The molecule has 1 aliphatic rings. The minimum atomic E-state index is 0.127. The third-order valence-electron chi connectivity index (χ3n) is 4.08. The summed E-state index contributed by atoms with van der Waals surface area (Å²) in [5, 5.41) is 4.38. The summed E-state index contributed by atoms with van der Waals surface area (Å²) >= 11 is 6.54. The van der Waals surface area contributed by atoms with Crippen LogP contribution in [-0.2, 0) is 6.54 Å². The molecule has 118 valence electrons. The van der Waals surface area contributed by atoms with E-state index in [-0.39, 0.29) is 5.54 Å². The van der Waals surface area contributed by atoms with Crippen LogP contribution in [0.1, 0.15) is 53.0 Å². The largest absolute Gasteiger partial charge is 0.370 e. The molecule has 21 heavy (non-hydrogen) atoms. The summed E-state index contributed by atoms with van der Waals surface area (Å²) in [7, 11) is 0. The molecule has 0 aliphatic carbocycles. The lowest BCUT2D eigenvalue weighted by atomic mass is 9.84. The van der Waals surface area contributed by atoms with Gasteiger partial charge in [0.1, 0.15) is 0 Å². The number of halogens is 1. The van der Waals surface area contributed by atoms with E-state index in [1.165, 1.54) is 24.1 Å². The zero-order chi connectivity index (χ0) is 15.7. The van der Waals surface area contributed by atoms with Crippen molar-refractivity contribution in [1.82, 2.24) is 5.32 Å². The quantitative estimate of drug-likeness (QED) is 0.858. The van der Waals surface area contributed by atoms with Crippen molar-refractivity contribution in [3.8, 4) is 0 Å². The van der Waals surface area contributed by atoms with Crippen molar-refractivity contribution >= 4 is 17.3 Å². The summed E-state index contributed by atoms with van der Waals surface area (Å²) in [6.07, 6.45) is 2.55. The number of hydrogen-bond acceptors (Lipinski definition) is 2. The Balaban J connectivity index is 2.09. The minimum Gasteiger partial charge on any atom is -0.370 e. The molecule has 0 bridgehead atoms. The molecule has 0 unspecified atom stereocenters. The van der Waals surface area contributed by atoms with Gasteiger partial charge in [0.15, 0.2) is 0 Å². The summed E-state index contributed by atoms with van der Waals surface area (Å²) < 4.78 is 0. The van der Waals surface area contributed by atoms with Crippen molar-refractivity contribution in [3.05, 3.63) is 28.8 Å². The molecule has 1 aromatic rings. The first-order chi connectivity index (χ1) is 9.66. The normalized spacial score (nSPS) is 18.9. The summed E-state index contributed by atoms with van der Waals surface area (Å²) in [6.45, 7) is 14.3. The molecule has 0 atom stereocenters. The number of hydrogen-bond donors (Lipinski definition) is 1. The van der Waals surface area contributed by atoms with Crippen LogP contribution in [0.3, 0.4) is 0 Å². The Labute approximate surface area is 134 Å². The monoisotopic (exact) mass is 308 g/mol. The molecule has 0 aromatic heterocycles. The third-order valence-corrected chi connectivity index (χ3v) is 4.38. The topological polar surface area (TPSA) is 15.3 Å². The molecule has 1 fully saturated rings. The van der Waals surface area contributed by atoms with E-state index < -0.39 is 0 Å². The van der Waals surface area contributed by atoms with E-state index in [0.29, 0.717) is 5.41 Å². The SMILES string of the molecule is CC1(C)CCCN(c2ccc(CNC(C)(C)C)cc2Cl)C1. The van der Waals surface area contributed by atoms with Crippen molar-refractivity contribution in [3.63, 3.8) is 0 Å². The molecule has 0 amide bonds. The lowest BCUT2D eigenvalue weighted by Gasteiger charge is -2.39. The first-order valence-electron chi connectivity index (χ1n) is 7.95. The number of rotatable bonds is 3. The molecular weight excluding hydrogens is 280 g/mol. The second-order valence-electron chi connectivity index (χ2n) is 8.08. The van der Waals surface area contributed by atoms with Gasteiger partial charge in [-0.25, -0.2) is 0 Å². The smallest absolute Gasteiger partial charge is 0.0642 e. The molecule has 1 saturated heterocycles. The van der Waals surface area contributed by atoms with E-state index in [9.17, 15) is 0 Å². The van der Waals surface area contributed by atoms with Gasteiger partial charge in [-0.05, 0) is 56.7 Å². The molecule has 1 N–H and O–H groups in total. The van der Waals surface area contributed by atoms with E-state index >= 15 is 0 Å². The van der Waals surface area contributed by atoms with E-state index in [1.54, 1.807) is 0 Å². The van der Waals surface area contributed by atoms with Crippen LogP contribution in [0.4, 0.5) is 5.69 Å². The zero-order valence-electron chi connectivity index (χ0n) is 14.1. The lowest BCUT2D eigenvalue weighted by molar-refractivity contribution is 0.293. The van der Waals surface area contributed by atoms with Crippen LogP contribution in [-0.4, -0.2) is 18.6 Å². The van der Waals surface area contributed by atoms with Crippen molar-refractivity contribution < 1.29 is 0 Å². The second-order valence-corrected chi connectivity index (χ2v) is 8.49. The molecule has 0 spiro atoms. The highest BCUT2D eigenvalue weighted by Gasteiger charge is 2.27. The Bertz CT molecular complexity index is 488. The molecule has 1 aliphatic heterocycles. The molecule has 2 nitrogen and oxygen atoms in total. The summed E-state index contributed by atoms with van der Waals surface area (Å²) in [6, 6.07) is 6.49. The Morgan fingerprint density at radius 1 is 1.29 bits per heavy atom. The lowest BCUT2D eigenvalue weighted by Crippen LogP contribution is -2.40. The molecule has 3 heteroatoms. The Kier molecular flexibility index (Phi) is 4.89. The Morgan fingerprint density at radius 2 is 2.00 bits per heavy atom. The van der Waals surface area contributed by atoms with Crippen LogP contribution < -0.4 is 10.2 Å². The highest BCUT2D eigenvalue weighted by Crippen LogP contribution is 2.35. The van der Waals surface area contributed by atoms with Gasteiger partial charge in [-0.3, -0.25) is 0 Å². The molecular formula is C18H29ClN2. The number of nitrogens with zero attached hydrogens (tertiary/aromatic N) is 1. The van der Waals surface area contributed by atoms with Crippen molar-refractivity contribution in [2.24, 2.45) is 5.41 Å². The maximum atomic E-state index is 6.54. The van der Waals surface area contributed by atoms with E-state index in [4.69, 9.17) is 11.6 Å². The maximum Gasteiger partial charge on any atom is 0.0642 e. The van der Waals surface area contributed by atoms with Crippen molar-refractivity contribution in [2.45, 2.75) is 59.5 Å². The number of anilines is 1.